The van der Waals surface area contributed by atoms with Crippen molar-refractivity contribution in [1.29, 1.82) is 0 Å². The molecule has 0 spiro atoms. The SMILES string of the molecule is CNC(c1cc(Br)ccc1Br)c1ccccc1C(C)(C)C. The Labute approximate surface area is 144 Å². The lowest BCUT2D eigenvalue weighted by Gasteiger charge is -2.28. The van der Waals surface area contributed by atoms with Crippen LogP contribution in [0.1, 0.15) is 43.5 Å². The van der Waals surface area contributed by atoms with E-state index in [1.54, 1.807) is 0 Å². The summed E-state index contributed by atoms with van der Waals surface area (Å²) in [6.45, 7) is 6.78. The Kier molecular flexibility index (Phi) is 5.29. The zero-order valence-corrected chi connectivity index (χ0v) is 16.0. The highest BCUT2D eigenvalue weighted by molar-refractivity contribution is 9.11. The van der Waals surface area contributed by atoms with Crippen molar-refractivity contribution in [3.05, 3.63) is 68.1 Å². The summed E-state index contributed by atoms with van der Waals surface area (Å²) in [6, 6.07) is 15.1. The van der Waals surface area contributed by atoms with Gasteiger partial charge in [-0.05, 0) is 47.4 Å². The quantitative estimate of drug-likeness (QED) is 0.672. The van der Waals surface area contributed by atoms with Crippen LogP contribution in [0.3, 0.4) is 0 Å². The van der Waals surface area contributed by atoms with Gasteiger partial charge in [0.1, 0.15) is 0 Å². The van der Waals surface area contributed by atoms with Crippen LogP contribution in [0.15, 0.2) is 51.4 Å². The van der Waals surface area contributed by atoms with E-state index in [4.69, 9.17) is 0 Å². The van der Waals surface area contributed by atoms with E-state index in [1.165, 1.54) is 16.7 Å². The molecule has 0 bridgehead atoms. The smallest absolute Gasteiger partial charge is 0.0588 e. The first kappa shape index (κ1) is 16.7. The third-order valence-electron chi connectivity index (χ3n) is 3.64. The minimum atomic E-state index is 0.115. The molecule has 2 rings (SSSR count). The minimum Gasteiger partial charge on any atom is -0.309 e. The van der Waals surface area contributed by atoms with Crippen LogP contribution in [-0.4, -0.2) is 7.05 Å². The van der Waals surface area contributed by atoms with Crippen molar-refractivity contribution in [3.63, 3.8) is 0 Å². The second kappa shape index (κ2) is 6.64. The second-order valence-electron chi connectivity index (χ2n) is 6.22. The van der Waals surface area contributed by atoms with Crippen molar-refractivity contribution in [2.45, 2.75) is 32.2 Å². The van der Waals surface area contributed by atoms with Crippen LogP contribution < -0.4 is 5.32 Å². The van der Waals surface area contributed by atoms with Crippen molar-refractivity contribution < 1.29 is 0 Å². The molecule has 2 aromatic carbocycles. The molecule has 3 heteroatoms. The third-order valence-corrected chi connectivity index (χ3v) is 4.85. The first-order chi connectivity index (χ1) is 9.84. The van der Waals surface area contributed by atoms with E-state index in [0.29, 0.717) is 0 Å². The van der Waals surface area contributed by atoms with E-state index >= 15 is 0 Å². The molecule has 2 aromatic rings. The van der Waals surface area contributed by atoms with Crippen LogP contribution in [0.25, 0.3) is 0 Å². The van der Waals surface area contributed by atoms with E-state index in [0.717, 1.165) is 8.95 Å². The number of halogens is 2. The fraction of sp³-hybridized carbons (Fsp3) is 0.333. The topological polar surface area (TPSA) is 12.0 Å². The number of nitrogens with one attached hydrogen (secondary N) is 1. The third kappa shape index (κ3) is 3.77. The van der Waals surface area contributed by atoms with E-state index in [-0.39, 0.29) is 11.5 Å². The molecule has 1 nitrogen and oxygen atoms in total. The Morgan fingerprint density at radius 1 is 0.952 bits per heavy atom. The first-order valence-electron chi connectivity index (χ1n) is 7.06. The molecule has 0 saturated heterocycles. The molecule has 0 aliphatic carbocycles. The van der Waals surface area contributed by atoms with Crippen molar-refractivity contribution in [1.82, 2.24) is 5.32 Å². The average Bonchev–Trinajstić information content (AvgIpc) is 2.43. The number of hydrogen-bond donors (Lipinski definition) is 1. The molecule has 112 valence electrons. The largest absolute Gasteiger partial charge is 0.309 e. The average molecular weight is 411 g/mol. The molecule has 0 aliphatic heterocycles. The van der Waals surface area contributed by atoms with Gasteiger partial charge in [-0.2, -0.15) is 0 Å². The molecule has 0 saturated carbocycles. The maximum Gasteiger partial charge on any atom is 0.0588 e. The molecule has 0 aliphatic rings. The lowest BCUT2D eigenvalue weighted by atomic mass is 9.80. The molecular formula is C18H21Br2N. The molecular weight excluding hydrogens is 390 g/mol. The zero-order chi connectivity index (χ0) is 15.6. The van der Waals surface area contributed by atoms with Gasteiger partial charge in [-0.15, -0.1) is 0 Å². The Morgan fingerprint density at radius 2 is 1.62 bits per heavy atom. The van der Waals surface area contributed by atoms with E-state index in [1.807, 2.05) is 7.05 Å². The minimum absolute atomic E-state index is 0.115. The fourth-order valence-electron chi connectivity index (χ4n) is 2.65. The first-order valence-corrected chi connectivity index (χ1v) is 8.65. The van der Waals surface area contributed by atoms with Gasteiger partial charge in [0.15, 0.2) is 0 Å². The van der Waals surface area contributed by atoms with Gasteiger partial charge in [0.25, 0.3) is 0 Å². The van der Waals surface area contributed by atoms with Crippen LogP contribution in [-0.2, 0) is 5.41 Å². The lowest BCUT2D eigenvalue weighted by molar-refractivity contribution is 0.566. The van der Waals surface area contributed by atoms with Crippen LogP contribution in [0.5, 0.6) is 0 Å². The summed E-state index contributed by atoms with van der Waals surface area (Å²) in [7, 11) is 2.01. The van der Waals surface area contributed by atoms with Gasteiger partial charge in [0.05, 0.1) is 6.04 Å². The monoisotopic (exact) mass is 409 g/mol. The van der Waals surface area contributed by atoms with Gasteiger partial charge in [-0.1, -0.05) is 76.9 Å². The van der Waals surface area contributed by atoms with E-state index < -0.39 is 0 Å². The van der Waals surface area contributed by atoms with Crippen molar-refractivity contribution >= 4 is 31.9 Å². The number of rotatable bonds is 3. The van der Waals surface area contributed by atoms with Crippen LogP contribution in [0, 0.1) is 0 Å². The van der Waals surface area contributed by atoms with Gasteiger partial charge in [-0.25, -0.2) is 0 Å². The van der Waals surface area contributed by atoms with Gasteiger partial charge in [0.2, 0.25) is 0 Å². The summed E-state index contributed by atoms with van der Waals surface area (Å²) in [5.74, 6) is 0. The number of hydrogen-bond acceptors (Lipinski definition) is 1. The van der Waals surface area contributed by atoms with Crippen molar-refractivity contribution in [3.8, 4) is 0 Å². The summed E-state index contributed by atoms with van der Waals surface area (Å²) in [5, 5.41) is 3.46. The van der Waals surface area contributed by atoms with Crippen molar-refractivity contribution in [2.24, 2.45) is 0 Å². The molecule has 1 atom stereocenters. The Bertz CT molecular complexity index is 629. The molecule has 1 unspecified atom stereocenters. The van der Waals surface area contributed by atoms with Crippen LogP contribution >= 0.6 is 31.9 Å². The predicted molar refractivity (Wildman–Crippen MR) is 97.9 cm³/mol. The summed E-state index contributed by atoms with van der Waals surface area (Å²) < 4.78 is 2.21. The Balaban J connectivity index is 2.60. The molecule has 0 aromatic heterocycles. The fourth-order valence-corrected chi connectivity index (χ4v) is 3.50. The highest BCUT2D eigenvalue weighted by Gasteiger charge is 2.24. The Hall–Kier alpha value is -0.640. The van der Waals surface area contributed by atoms with Crippen molar-refractivity contribution in [2.75, 3.05) is 7.05 Å². The molecule has 0 radical (unpaired) electrons. The number of benzene rings is 2. The second-order valence-corrected chi connectivity index (χ2v) is 7.99. The molecule has 21 heavy (non-hydrogen) atoms. The molecule has 0 heterocycles. The zero-order valence-electron chi connectivity index (χ0n) is 12.9. The highest BCUT2D eigenvalue weighted by Crippen LogP contribution is 2.36. The normalized spacial score (nSPS) is 13.2. The Morgan fingerprint density at radius 3 is 2.24 bits per heavy atom. The summed E-state index contributed by atoms with van der Waals surface area (Å²) >= 11 is 7.26. The van der Waals surface area contributed by atoms with E-state index in [2.05, 4.69) is 100 Å². The molecule has 0 fully saturated rings. The van der Waals surface area contributed by atoms with E-state index in [9.17, 15) is 0 Å². The summed E-state index contributed by atoms with van der Waals surface area (Å²) in [5.41, 5.74) is 4.05. The van der Waals surface area contributed by atoms with Gasteiger partial charge in [-0.3, -0.25) is 0 Å². The molecule has 0 amide bonds. The van der Waals surface area contributed by atoms with Crippen LogP contribution in [0.4, 0.5) is 0 Å². The lowest BCUT2D eigenvalue weighted by Crippen LogP contribution is -2.23. The predicted octanol–water partition coefficient (Wildman–Crippen LogP) is 5.82. The van der Waals surface area contributed by atoms with Gasteiger partial charge in [0, 0.05) is 8.95 Å². The summed E-state index contributed by atoms with van der Waals surface area (Å²) in [4.78, 5) is 0. The maximum absolute atomic E-state index is 3.68. The van der Waals surface area contributed by atoms with Gasteiger partial charge < -0.3 is 5.32 Å². The standard InChI is InChI=1S/C18H21Br2N/c1-18(2,3)15-8-6-5-7-13(15)17(21-4)14-11-12(19)9-10-16(14)20/h5-11,17,21H,1-4H3. The summed E-state index contributed by atoms with van der Waals surface area (Å²) in [6.07, 6.45) is 0. The van der Waals surface area contributed by atoms with Crippen LogP contribution in [0.2, 0.25) is 0 Å². The highest BCUT2D eigenvalue weighted by atomic mass is 79.9. The van der Waals surface area contributed by atoms with Gasteiger partial charge >= 0.3 is 0 Å². The molecule has 1 N–H and O–H groups in total. The maximum atomic E-state index is 3.68.